The molecule has 0 saturated heterocycles. The van der Waals surface area contributed by atoms with Gasteiger partial charge in [-0.1, -0.05) is 97.3 Å². The standard InChI is InChI=1S/C37H61F2N7O4P/c1-5-7-8-9-10-11-12-13-14-15-16-17-18-19-26-48-50-51(47,49-25-6-2)27-22-31-32(37(31,38)39)28-46-29-41-33-34(42-36(40)43-35(33)46)45-23-20-30(21-24-45)44(3)4/h20-21,23-24,29,31-32H,5-19,22,25-28H2,1-4H3,(H2,40,42,43)/q+1/t31-,32+,51?/m0/s1. The van der Waals surface area contributed by atoms with Crippen LogP contribution in [0.15, 0.2) is 30.9 Å². The molecule has 3 aromatic rings. The SMILES string of the molecule is CCCCCCCCCCCCCCCCOOP(=O)(CC[C@H]1[C@@H](Cn2cnc3c(-[n+]4ccc(N(C)C)cc4)nc(N)nc32)C1(F)F)OCCC. The Morgan fingerprint density at radius 2 is 1.49 bits per heavy atom. The minimum absolute atomic E-state index is 0.0165. The fraction of sp³-hybridized carbons (Fsp3) is 0.730. The summed E-state index contributed by atoms with van der Waals surface area (Å²) in [5.74, 6) is -4.45. The highest BCUT2D eigenvalue weighted by atomic mass is 31.2. The molecule has 0 spiro atoms. The first kappa shape index (κ1) is 41.0. The number of pyridine rings is 1. The van der Waals surface area contributed by atoms with Gasteiger partial charge >= 0.3 is 19.4 Å². The first-order chi connectivity index (χ1) is 24.6. The fourth-order valence-corrected chi connectivity index (χ4v) is 8.09. The summed E-state index contributed by atoms with van der Waals surface area (Å²) in [6.07, 6.45) is 23.1. The Morgan fingerprint density at radius 1 is 0.882 bits per heavy atom. The molecule has 1 fully saturated rings. The third kappa shape index (κ3) is 12.4. The average Bonchev–Trinajstić information content (AvgIpc) is 3.39. The highest BCUT2D eigenvalue weighted by Gasteiger charge is 2.67. The number of nitrogen functional groups attached to an aromatic ring is 1. The maximum Gasteiger partial charge on any atom is 0.361 e. The van der Waals surface area contributed by atoms with Crippen LogP contribution in [0, 0.1) is 11.8 Å². The number of aromatic nitrogens is 5. The van der Waals surface area contributed by atoms with Crippen molar-refractivity contribution in [2.75, 3.05) is 44.1 Å². The van der Waals surface area contributed by atoms with Crippen LogP contribution in [0.2, 0.25) is 0 Å². The molecule has 3 atom stereocenters. The Hall–Kier alpha value is -2.73. The number of halogens is 2. The van der Waals surface area contributed by atoms with E-state index in [2.05, 4.69) is 21.9 Å². The second-order valence-corrected chi connectivity index (χ2v) is 16.2. The molecule has 286 valence electrons. The summed E-state index contributed by atoms with van der Waals surface area (Å²) in [5, 5.41) is 0. The van der Waals surface area contributed by atoms with Gasteiger partial charge in [0.05, 0.1) is 38.1 Å². The van der Waals surface area contributed by atoms with Gasteiger partial charge in [0.2, 0.25) is 5.52 Å². The van der Waals surface area contributed by atoms with Crippen LogP contribution in [0.1, 0.15) is 117 Å². The van der Waals surface area contributed by atoms with Crippen LogP contribution in [0.5, 0.6) is 0 Å². The molecule has 11 nitrogen and oxygen atoms in total. The maximum atomic E-state index is 15.1. The molecule has 1 aliphatic rings. The summed E-state index contributed by atoms with van der Waals surface area (Å²) in [4.78, 5) is 20.5. The van der Waals surface area contributed by atoms with Crippen LogP contribution in [-0.4, -0.2) is 58.9 Å². The first-order valence-electron chi connectivity index (χ1n) is 19.2. The average molecular weight is 737 g/mol. The Bertz CT molecular complexity index is 1510. The molecule has 51 heavy (non-hydrogen) atoms. The predicted molar refractivity (Wildman–Crippen MR) is 198 cm³/mol. The van der Waals surface area contributed by atoms with E-state index in [0.29, 0.717) is 30.0 Å². The number of fused-ring (bicyclic) bond motifs is 1. The molecule has 1 aliphatic carbocycles. The smallest absolute Gasteiger partial charge is 0.361 e. The monoisotopic (exact) mass is 736 g/mol. The fourth-order valence-electron chi connectivity index (χ4n) is 6.56. The molecule has 0 bridgehead atoms. The second kappa shape index (κ2) is 20.5. The second-order valence-electron chi connectivity index (χ2n) is 14.2. The minimum atomic E-state index is -3.71. The summed E-state index contributed by atoms with van der Waals surface area (Å²) < 4.78 is 57.9. The van der Waals surface area contributed by atoms with E-state index in [4.69, 9.17) is 19.8 Å². The topological polar surface area (TPSA) is 122 Å². The highest BCUT2D eigenvalue weighted by molar-refractivity contribution is 7.53. The lowest BCUT2D eigenvalue weighted by molar-refractivity contribution is -0.598. The van der Waals surface area contributed by atoms with Gasteiger partial charge in [-0.15, -0.1) is 4.67 Å². The normalized spacial score (nSPS) is 17.9. The van der Waals surface area contributed by atoms with Crippen LogP contribution in [-0.2, 0) is 25.2 Å². The van der Waals surface area contributed by atoms with Crippen LogP contribution >= 0.6 is 7.60 Å². The van der Waals surface area contributed by atoms with E-state index in [-0.39, 0.29) is 31.7 Å². The number of rotatable bonds is 27. The molecule has 4 rings (SSSR count). The molecule has 2 N–H and O–H groups in total. The van der Waals surface area contributed by atoms with E-state index in [0.717, 1.165) is 24.9 Å². The lowest BCUT2D eigenvalue weighted by Gasteiger charge is -2.17. The van der Waals surface area contributed by atoms with Crippen molar-refractivity contribution in [2.24, 2.45) is 11.8 Å². The zero-order chi connectivity index (χ0) is 36.7. The van der Waals surface area contributed by atoms with Crippen LogP contribution in [0.4, 0.5) is 20.4 Å². The van der Waals surface area contributed by atoms with E-state index in [1.807, 2.05) is 50.4 Å². The first-order valence-corrected chi connectivity index (χ1v) is 20.9. The molecule has 1 saturated carbocycles. The van der Waals surface area contributed by atoms with Gasteiger partial charge in [0.15, 0.2) is 5.65 Å². The molecule has 0 aromatic carbocycles. The zero-order valence-corrected chi connectivity index (χ0v) is 32.2. The van der Waals surface area contributed by atoms with Crippen molar-refractivity contribution in [1.29, 1.82) is 0 Å². The third-order valence-electron chi connectivity index (χ3n) is 9.75. The van der Waals surface area contributed by atoms with E-state index in [1.165, 1.54) is 77.0 Å². The summed E-state index contributed by atoms with van der Waals surface area (Å²) in [5.41, 5.74) is 7.88. The maximum absolute atomic E-state index is 15.1. The third-order valence-corrected chi connectivity index (χ3v) is 11.5. The van der Waals surface area contributed by atoms with E-state index >= 15 is 8.78 Å². The number of unbranched alkanes of at least 4 members (excludes halogenated alkanes) is 13. The van der Waals surface area contributed by atoms with Gasteiger partial charge in [0, 0.05) is 55.3 Å². The Labute approximate surface area is 303 Å². The number of imidazole rings is 1. The predicted octanol–water partition coefficient (Wildman–Crippen LogP) is 9.07. The Kier molecular flexibility index (Phi) is 16.5. The summed E-state index contributed by atoms with van der Waals surface area (Å²) in [6.45, 7) is 4.61. The number of hydrogen-bond acceptors (Lipinski definition) is 9. The quantitative estimate of drug-likeness (QED) is 0.0269. The van der Waals surface area contributed by atoms with Crippen molar-refractivity contribution < 1.29 is 32.0 Å². The molecule has 3 heterocycles. The number of nitrogens with two attached hydrogens (primary N) is 1. The van der Waals surface area contributed by atoms with Gasteiger partial charge in [-0.2, -0.15) is 4.98 Å². The number of nitrogens with zero attached hydrogens (tertiary/aromatic N) is 6. The molecular formula is C37H61F2N7O4P+. The van der Waals surface area contributed by atoms with Crippen LogP contribution in [0.3, 0.4) is 0 Å². The summed E-state index contributed by atoms with van der Waals surface area (Å²) in [7, 11) is 0.190. The van der Waals surface area contributed by atoms with Gasteiger partial charge in [-0.05, 0) is 19.3 Å². The van der Waals surface area contributed by atoms with Gasteiger partial charge in [-0.25, -0.2) is 23.2 Å². The van der Waals surface area contributed by atoms with Gasteiger partial charge in [0.25, 0.3) is 5.92 Å². The molecule has 0 aliphatic heterocycles. The zero-order valence-electron chi connectivity index (χ0n) is 31.3. The van der Waals surface area contributed by atoms with Gasteiger partial charge < -0.3 is 19.7 Å². The van der Waals surface area contributed by atoms with Gasteiger partial charge in [-0.3, -0.25) is 4.57 Å². The summed E-state index contributed by atoms with van der Waals surface area (Å²) >= 11 is 0. The van der Waals surface area contributed by atoms with Crippen molar-refractivity contribution >= 4 is 30.4 Å². The molecule has 3 aromatic heterocycles. The largest absolute Gasteiger partial charge is 0.377 e. The molecule has 0 radical (unpaired) electrons. The Balaban J connectivity index is 1.20. The molecule has 1 unspecified atom stereocenters. The van der Waals surface area contributed by atoms with Crippen molar-refractivity contribution in [1.82, 2.24) is 19.5 Å². The minimum Gasteiger partial charge on any atom is -0.377 e. The Morgan fingerprint density at radius 3 is 2.08 bits per heavy atom. The number of hydrogen-bond donors (Lipinski definition) is 1. The van der Waals surface area contributed by atoms with Crippen molar-refractivity contribution in [3.05, 3.63) is 30.9 Å². The summed E-state index contributed by atoms with van der Waals surface area (Å²) in [6, 6.07) is 3.85. The molecular weight excluding hydrogens is 675 g/mol. The van der Waals surface area contributed by atoms with Crippen molar-refractivity contribution in [3.63, 3.8) is 0 Å². The molecule has 14 heteroatoms. The van der Waals surface area contributed by atoms with E-state index in [1.54, 1.807) is 9.13 Å². The van der Waals surface area contributed by atoms with E-state index in [9.17, 15) is 4.57 Å². The van der Waals surface area contributed by atoms with Crippen LogP contribution in [0.25, 0.3) is 17.0 Å². The molecule has 0 amide bonds. The lowest BCUT2D eigenvalue weighted by atomic mass is 10.0. The number of anilines is 2. The number of alkyl halides is 2. The van der Waals surface area contributed by atoms with Crippen molar-refractivity contribution in [2.45, 2.75) is 129 Å². The van der Waals surface area contributed by atoms with Crippen molar-refractivity contribution in [3.8, 4) is 5.82 Å². The highest BCUT2D eigenvalue weighted by Crippen LogP contribution is 2.61. The van der Waals surface area contributed by atoms with Crippen LogP contribution < -0.4 is 15.2 Å². The lowest BCUT2D eigenvalue weighted by Crippen LogP contribution is -2.32. The van der Waals surface area contributed by atoms with E-state index < -0.39 is 25.4 Å². The van der Waals surface area contributed by atoms with Gasteiger partial charge in [0.1, 0.15) is 0 Å².